The van der Waals surface area contributed by atoms with Crippen molar-refractivity contribution in [3.05, 3.63) is 58.6 Å². The average Bonchev–Trinajstić information content (AvgIpc) is 2.48. The molecule has 0 aromatic heterocycles. The molecule has 0 aliphatic carbocycles. The summed E-state index contributed by atoms with van der Waals surface area (Å²) in [5, 5.41) is 3.37. The van der Waals surface area contributed by atoms with Gasteiger partial charge in [-0.1, -0.05) is 29.8 Å². The zero-order valence-electron chi connectivity index (χ0n) is 11.7. The summed E-state index contributed by atoms with van der Waals surface area (Å²) < 4.78 is 5.51. The van der Waals surface area contributed by atoms with Crippen LogP contribution in [0.3, 0.4) is 0 Å². The SMILES string of the molecule is Cc1c(Cl)cccc1C(=O)NCCOc1ccccc1N. The number of anilines is 1. The van der Waals surface area contributed by atoms with Gasteiger partial charge in [-0.05, 0) is 36.8 Å². The van der Waals surface area contributed by atoms with E-state index in [4.69, 9.17) is 22.1 Å². The molecule has 4 nitrogen and oxygen atoms in total. The topological polar surface area (TPSA) is 64.3 Å². The summed E-state index contributed by atoms with van der Waals surface area (Å²) in [7, 11) is 0. The summed E-state index contributed by atoms with van der Waals surface area (Å²) in [6, 6.07) is 12.5. The number of rotatable bonds is 5. The molecular formula is C16H17ClN2O2. The van der Waals surface area contributed by atoms with Crippen molar-refractivity contribution in [1.82, 2.24) is 5.32 Å². The number of nitrogens with two attached hydrogens (primary N) is 1. The van der Waals surface area contributed by atoms with Gasteiger partial charge >= 0.3 is 0 Å². The van der Waals surface area contributed by atoms with Crippen molar-refractivity contribution >= 4 is 23.2 Å². The van der Waals surface area contributed by atoms with E-state index < -0.39 is 0 Å². The van der Waals surface area contributed by atoms with Gasteiger partial charge in [-0.3, -0.25) is 4.79 Å². The Hall–Kier alpha value is -2.20. The van der Waals surface area contributed by atoms with E-state index in [1.807, 2.05) is 19.1 Å². The molecule has 0 fully saturated rings. The maximum atomic E-state index is 12.0. The molecule has 21 heavy (non-hydrogen) atoms. The molecule has 0 aliphatic rings. The minimum Gasteiger partial charge on any atom is -0.490 e. The minimum absolute atomic E-state index is 0.167. The van der Waals surface area contributed by atoms with E-state index in [0.29, 0.717) is 35.2 Å². The van der Waals surface area contributed by atoms with Gasteiger partial charge in [-0.25, -0.2) is 0 Å². The van der Waals surface area contributed by atoms with E-state index in [9.17, 15) is 4.79 Å². The van der Waals surface area contributed by atoms with Gasteiger partial charge in [-0.2, -0.15) is 0 Å². The van der Waals surface area contributed by atoms with Crippen LogP contribution in [0.4, 0.5) is 5.69 Å². The van der Waals surface area contributed by atoms with Crippen molar-refractivity contribution in [3.8, 4) is 5.75 Å². The highest BCUT2D eigenvalue weighted by atomic mass is 35.5. The van der Waals surface area contributed by atoms with Crippen molar-refractivity contribution in [1.29, 1.82) is 0 Å². The summed E-state index contributed by atoms with van der Waals surface area (Å²) in [6.45, 7) is 2.55. The summed E-state index contributed by atoms with van der Waals surface area (Å²) in [5.41, 5.74) is 7.68. The molecule has 0 saturated heterocycles. The number of nitrogens with one attached hydrogen (secondary N) is 1. The molecule has 0 radical (unpaired) electrons. The van der Waals surface area contributed by atoms with E-state index in [1.165, 1.54) is 0 Å². The normalized spacial score (nSPS) is 10.2. The number of ether oxygens (including phenoxy) is 1. The predicted molar refractivity (Wildman–Crippen MR) is 84.9 cm³/mol. The Morgan fingerprint density at radius 1 is 1.24 bits per heavy atom. The lowest BCUT2D eigenvalue weighted by Crippen LogP contribution is -2.28. The zero-order valence-corrected chi connectivity index (χ0v) is 12.5. The van der Waals surface area contributed by atoms with Gasteiger partial charge in [0.2, 0.25) is 0 Å². The predicted octanol–water partition coefficient (Wildman–Crippen LogP) is 3.04. The molecule has 1 amide bonds. The van der Waals surface area contributed by atoms with Crippen molar-refractivity contribution in [2.24, 2.45) is 0 Å². The highest BCUT2D eigenvalue weighted by Gasteiger charge is 2.10. The van der Waals surface area contributed by atoms with Gasteiger partial charge in [0.25, 0.3) is 5.91 Å². The fraction of sp³-hybridized carbons (Fsp3) is 0.188. The van der Waals surface area contributed by atoms with Gasteiger partial charge in [0.05, 0.1) is 12.2 Å². The van der Waals surface area contributed by atoms with Crippen LogP contribution in [0, 0.1) is 6.92 Å². The minimum atomic E-state index is -0.167. The molecule has 0 heterocycles. The summed E-state index contributed by atoms with van der Waals surface area (Å²) >= 11 is 6.00. The van der Waals surface area contributed by atoms with Gasteiger partial charge in [-0.15, -0.1) is 0 Å². The first-order valence-electron chi connectivity index (χ1n) is 6.60. The average molecular weight is 305 g/mol. The van der Waals surface area contributed by atoms with E-state index in [-0.39, 0.29) is 5.91 Å². The Balaban J connectivity index is 1.85. The lowest BCUT2D eigenvalue weighted by molar-refractivity contribution is 0.0946. The fourth-order valence-electron chi connectivity index (χ4n) is 1.89. The Bertz CT molecular complexity index is 644. The Labute approximate surface area is 128 Å². The van der Waals surface area contributed by atoms with Crippen molar-refractivity contribution < 1.29 is 9.53 Å². The third kappa shape index (κ3) is 3.89. The van der Waals surface area contributed by atoms with Crippen molar-refractivity contribution in [2.45, 2.75) is 6.92 Å². The largest absolute Gasteiger partial charge is 0.490 e. The maximum Gasteiger partial charge on any atom is 0.251 e. The first-order valence-corrected chi connectivity index (χ1v) is 6.98. The number of nitrogen functional groups attached to an aromatic ring is 1. The fourth-order valence-corrected chi connectivity index (χ4v) is 2.06. The van der Waals surface area contributed by atoms with Crippen molar-refractivity contribution in [2.75, 3.05) is 18.9 Å². The molecule has 0 aliphatic heterocycles. The second-order valence-corrected chi connectivity index (χ2v) is 4.96. The third-order valence-corrected chi connectivity index (χ3v) is 3.49. The first-order chi connectivity index (χ1) is 10.1. The smallest absolute Gasteiger partial charge is 0.251 e. The van der Waals surface area contributed by atoms with E-state index in [2.05, 4.69) is 5.32 Å². The second-order valence-electron chi connectivity index (χ2n) is 4.55. The summed E-state index contributed by atoms with van der Waals surface area (Å²) in [5.74, 6) is 0.449. The number of hydrogen-bond donors (Lipinski definition) is 2. The molecule has 2 aromatic carbocycles. The molecule has 0 atom stereocenters. The molecule has 0 unspecified atom stereocenters. The molecule has 0 bridgehead atoms. The molecule has 110 valence electrons. The highest BCUT2D eigenvalue weighted by molar-refractivity contribution is 6.31. The second kappa shape index (κ2) is 6.99. The molecule has 2 rings (SSSR count). The molecule has 0 spiro atoms. The van der Waals surface area contributed by atoms with Crippen LogP contribution in [0.5, 0.6) is 5.75 Å². The lowest BCUT2D eigenvalue weighted by Gasteiger charge is -2.11. The van der Waals surface area contributed by atoms with Gasteiger partial charge < -0.3 is 15.8 Å². The number of halogens is 1. The van der Waals surface area contributed by atoms with E-state index >= 15 is 0 Å². The van der Waals surface area contributed by atoms with Crippen LogP contribution in [0.1, 0.15) is 15.9 Å². The van der Waals surface area contributed by atoms with Crippen LogP contribution < -0.4 is 15.8 Å². The van der Waals surface area contributed by atoms with Gasteiger partial charge in [0, 0.05) is 10.6 Å². The number of amides is 1. The molecule has 3 N–H and O–H groups in total. The lowest BCUT2D eigenvalue weighted by atomic mass is 10.1. The van der Waals surface area contributed by atoms with Crippen LogP contribution in [0.15, 0.2) is 42.5 Å². The number of carbonyl (C=O) groups is 1. The maximum absolute atomic E-state index is 12.0. The monoisotopic (exact) mass is 304 g/mol. The Morgan fingerprint density at radius 3 is 2.76 bits per heavy atom. The molecule has 0 saturated carbocycles. The van der Waals surface area contributed by atoms with E-state index in [0.717, 1.165) is 5.56 Å². The summed E-state index contributed by atoms with van der Waals surface area (Å²) in [6.07, 6.45) is 0. The van der Waals surface area contributed by atoms with Crippen LogP contribution in [-0.4, -0.2) is 19.1 Å². The standard InChI is InChI=1S/C16H17ClN2O2/c1-11-12(5-4-6-13(11)17)16(20)19-9-10-21-15-8-3-2-7-14(15)18/h2-8H,9-10,18H2,1H3,(H,19,20). The van der Waals surface area contributed by atoms with Crippen LogP contribution in [-0.2, 0) is 0 Å². The first kappa shape index (κ1) is 15.2. The number of para-hydroxylation sites is 2. The van der Waals surface area contributed by atoms with Crippen LogP contribution in [0.2, 0.25) is 5.02 Å². The zero-order chi connectivity index (χ0) is 15.2. The van der Waals surface area contributed by atoms with Crippen LogP contribution >= 0.6 is 11.6 Å². The Morgan fingerprint density at radius 2 is 2.00 bits per heavy atom. The molecular weight excluding hydrogens is 288 g/mol. The highest BCUT2D eigenvalue weighted by Crippen LogP contribution is 2.20. The molecule has 5 heteroatoms. The number of hydrogen-bond acceptors (Lipinski definition) is 3. The third-order valence-electron chi connectivity index (χ3n) is 3.08. The van der Waals surface area contributed by atoms with Crippen molar-refractivity contribution in [3.63, 3.8) is 0 Å². The van der Waals surface area contributed by atoms with Gasteiger partial charge in [0.15, 0.2) is 0 Å². The number of carbonyl (C=O) groups excluding carboxylic acids is 1. The van der Waals surface area contributed by atoms with Gasteiger partial charge in [0.1, 0.15) is 12.4 Å². The van der Waals surface area contributed by atoms with E-state index in [1.54, 1.807) is 30.3 Å². The number of benzene rings is 2. The Kier molecular flexibility index (Phi) is 5.06. The quantitative estimate of drug-likeness (QED) is 0.659. The summed E-state index contributed by atoms with van der Waals surface area (Å²) in [4.78, 5) is 12.0. The van der Waals surface area contributed by atoms with Crippen LogP contribution in [0.25, 0.3) is 0 Å². The molecule has 2 aromatic rings.